The molecule has 0 heterocycles. The van der Waals surface area contributed by atoms with Crippen molar-refractivity contribution in [1.82, 2.24) is 5.32 Å². The molecule has 0 aliphatic rings. The summed E-state index contributed by atoms with van der Waals surface area (Å²) < 4.78 is 13.1. The minimum atomic E-state index is -0.518. The van der Waals surface area contributed by atoms with E-state index in [1.165, 1.54) is 12.1 Å². The maximum atomic E-state index is 13.1. The van der Waals surface area contributed by atoms with E-state index in [1.807, 2.05) is 50.4 Å². The van der Waals surface area contributed by atoms with Gasteiger partial charge in [-0.15, -0.1) is 0 Å². The fraction of sp³-hybridized carbons (Fsp3) is 0.222. The van der Waals surface area contributed by atoms with E-state index < -0.39 is 11.8 Å². The topological polar surface area (TPSA) is 68.2 Å². The molecule has 0 spiro atoms. The molecule has 2 aromatic carbocycles. The molecule has 0 fully saturated rings. The average Bonchev–Trinajstić information content (AvgIpc) is 2.61. The highest BCUT2D eigenvalue weighted by atomic mass is 19.1. The number of para-hydroxylation sites is 1. The van der Waals surface area contributed by atoms with Gasteiger partial charge in [0.2, 0.25) is 0 Å². The van der Waals surface area contributed by atoms with E-state index in [9.17, 15) is 9.18 Å². The Morgan fingerprint density at radius 1 is 1.29 bits per heavy atom. The average molecular weight is 326 g/mol. The summed E-state index contributed by atoms with van der Waals surface area (Å²) in [5.74, 6) is -0.518. The highest BCUT2D eigenvalue weighted by Crippen LogP contribution is 2.16. The van der Waals surface area contributed by atoms with E-state index in [1.54, 1.807) is 0 Å². The molecule has 0 aliphatic heterocycles. The number of halogens is 1. The molecule has 1 atom stereocenters. The molecule has 0 aromatic heterocycles. The number of nitriles is 1. The first-order valence-corrected chi connectivity index (χ1v) is 7.53. The third-order valence-corrected chi connectivity index (χ3v) is 3.73. The van der Waals surface area contributed by atoms with Gasteiger partial charge in [0.25, 0.3) is 0 Å². The van der Waals surface area contributed by atoms with Crippen molar-refractivity contribution < 1.29 is 9.18 Å². The summed E-state index contributed by atoms with van der Waals surface area (Å²) in [6.45, 7) is 2.41. The van der Waals surface area contributed by atoms with Crippen LogP contribution in [0.2, 0.25) is 0 Å². The monoisotopic (exact) mass is 326 g/mol. The van der Waals surface area contributed by atoms with Crippen LogP contribution >= 0.6 is 0 Å². The van der Waals surface area contributed by atoms with Gasteiger partial charge in [0.1, 0.15) is 11.9 Å². The number of nitrogens with zero attached hydrogens (tertiary/aromatic N) is 2. The molecule has 2 rings (SSSR count). The lowest BCUT2D eigenvalue weighted by Gasteiger charge is -2.27. The summed E-state index contributed by atoms with van der Waals surface area (Å²) in [6, 6.07) is 15.0. The summed E-state index contributed by atoms with van der Waals surface area (Å²) >= 11 is 0. The Bertz CT molecular complexity index is 742. The standard InChI is InChI=1S/C18H19FN4O/c1-13(23(2)16-6-4-3-5-7-16)12-21-18(24)22-17-9-8-15(19)10-14(17)11-20/h3-10,13H,12H2,1-2H3,(H2,21,22,24). The van der Waals surface area contributed by atoms with Crippen LogP contribution in [0, 0.1) is 17.1 Å². The van der Waals surface area contributed by atoms with Crippen LogP contribution in [-0.4, -0.2) is 25.7 Å². The number of hydrogen-bond donors (Lipinski definition) is 2. The van der Waals surface area contributed by atoms with E-state index in [4.69, 9.17) is 5.26 Å². The van der Waals surface area contributed by atoms with E-state index in [2.05, 4.69) is 15.5 Å². The molecule has 2 N–H and O–H groups in total. The van der Waals surface area contributed by atoms with Crippen molar-refractivity contribution in [2.45, 2.75) is 13.0 Å². The second kappa shape index (κ2) is 7.97. The van der Waals surface area contributed by atoms with E-state index in [-0.39, 0.29) is 17.3 Å². The molecular weight excluding hydrogens is 307 g/mol. The molecule has 0 aliphatic carbocycles. The zero-order valence-corrected chi connectivity index (χ0v) is 13.6. The number of likely N-dealkylation sites (N-methyl/N-ethyl adjacent to an activating group) is 1. The van der Waals surface area contributed by atoms with Gasteiger partial charge in [0.05, 0.1) is 11.3 Å². The van der Waals surface area contributed by atoms with Crippen molar-refractivity contribution >= 4 is 17.4 Å². The Morgan fingerprint density at radius 3 is 2.67 bits per heavy atom. The lowest BCUT2D eigenvalue weighted by molar-refractivity contribution is 0.251. The Labute approximate surface area is 140 Å². The van der Waals surface area contributed by atoms with E-state index >= 15 is 0 Å². The van der Waals surface area contributed by atoms with Gasteiger partial charge in [-0.1, -0.05) is 18.2 Å². The van der Waals surface area contributed by atoms with Crippen LogP contribution in [0.3, 0.4) is 0 Å². The Kier molecular flexibility index (Phi) is 5.74. The second-order valence-corrected chi connectivity index (χ2v) is 5.43. The zero-order valence-electron chi connectivity index (χ0n) is 13.6. The molecule has 124 valence electrons. The molecule has 2 aromatic rings. The van der Waals surface area contributed by atoms with Crippen LogP contribution in [0.25, 0.3) is 0 Å². The van der Waals surface area contributed by atoms with Crippen molar-refractivity contribution in [2.24, 2.45) is 0 Å². The van der Waals surface area contributed by atoms with Crippen molar-refractivity contribution in [2.75, 3.05) is 23.8 Å². The zero-order chi connectivity index (χ0) is 17.5. The first-order valence-electron chi connectivity index (χ1n) is 7.53. The van der Waals surface area contributed by atoms with Crippen LogP contribution < -0.4 is 15.5 Å². The number of carbonyl (C=O) groups excluding carboxylic acids is 1. The molecular formula is C18H19FN4O. The Morgan fingerprint density at radius 2 is 2.00 bits per heavy atom. The number of nitrogens with one attached hydrogen (secondary N) is 2. The molecule has 0 saturated heterocycles. The summed E-state index contributed by atoms with van der Waals surface area (Å²) in [6.07, 6.45) is 0. The third-order valence-electron chi connectivity index (χ3n) is 3.73. The van der Waals surface area contributed by atoms with Crippen LogP contribution in [0.1, 0.15) is 12.5 Å². The molecule has 24 heavy (non-hydrogen) atoms. The van der Waals surface area contributed by atoms with Gasteiger partial charge < -0.3 is 15.5 Å². The summed E-state index contributed by atoms with van der Waals surface area (Å²) in [4.78, 5) is 14.0. The largest absolute Gasteiger partial charge is 0.370 e. The normalized spacial score (nSPS) is 11.2. The highest BCUT2D eigenvalue weighted by molar-refractivity contribution is 5.90. The molecule has 1 unspecified atom stereocenters. The Balaban J connectivity index is 1.90. The lowest BCUT2D eigenvalue weighted by atomic mass is 10.2. The van der Waals surface area contributed by atoms with Crippen molar-refractivity contribution in [3.63, 3.8) is 0 Å². The lowest BCUT2D eigenvalue weighted by Crippen LogP contribution is -2.41. The van der Waals surface area contributed by atoms with E-state index in [0.717, 1.165) is 11.8 Å². The Hall–Kier alpha value is -3.07. The summed E-state index contributed by atoms with van der Waals surface area (Å²) in [5.41, 5.74) is 1.41. The number of rotatable bonds is 5. The van der Waals surface area contributed by atoms with Crippen LogP contribution in [0.4, 0.5) is 20.6 Å². The fourth-order valence-electron chi connectivity index (χ4n) is 2.18. The first kappa shape index (κ1) is 17.3. The molecule has 0 saturated carbocycles. The maximum absolute atomic E-state index is 13.1. The number of amides is 2. The molecule has 5 nitrogen and oxygen atoms in total. The molecule has 6 heteroatoms. The van der Waals surface area contributed by atoms with Gasteiger partial charge in [0, 0.05) is 25.3 Å². The number of urea groups is 1. The number of benzene rings is 2. The van der Waals surface area contributed by atoms with Gasteiger partial charge in [-0.3, -0.25) is 0 Å². The first-order chi connectivity index (χ1) is 11.5. The minimum Gasteiger partial charge on any atom is -0.370 e. The quantitative estimate of drug-likeness (QED) is 0.885. The van der Waals surface area contributed by atoms with Crippen molar-refractivity contribution in [3.05, 3.63) is 59.9 Å². The van der Waals surface area contributed by atoms with Crippen LogP contribution in [0.15, 0.2) is 48.5 Å². The van der Waals surface area contributed by atoms with Gasteiger partial charge >= 0.3 is 6.03 Å². The van der Waals surface area contributed by atoms with Gasteiger partial charge in [-0.25, -0.2) is 9.18 Å². The fourth-order valence-corrected chi connectivity index (χ4v) is 2.18. The smallest absolute Gasteiger partial charge is 0.319 e. The molecule has 0 radical (unpaired) electrons. The number of carbonyl (C=O) groups is 1. The van der Waals surface area contributed by atoms with Crippen LogP contribution in [-0.2, 0) is 0 Å². The SMILES string of the molecule is CC(CNC(=O)Nc1ccc(F)cc1C#N)N(C)c1ccccc1. The van der Waals surface area contributed by atoms with Crippen molar-refractivity contribution in [3.8, 4) is 6.07 Å². The summed E-state index contributed by atoms with van der Waals surface area (Å²) in [7, 11) is 1.95. The van der Waals surface area contributed by atoms with Crippen LogP contribution in [0.5, 0.6) is 0 Å². The van der Waals surface area contributed by atoms with Gasteiger partial charge in [-0.05, 0) is 37.3 Å². The predicted molar refractivity (Wildman–Crippen MR) is 92.4 cm³/mol. The minimum absolute atomic E-state index is 0.0711. The predicted octanol–water partition coefficient (Wildman–Crippen LogP) is 3.34. The van der Waals surface area contributed by atoms with Gasteiger partial charge in [0.15, 0.2) is 0 Å². The molecule has 0 bridgehead atoms. The third kappa shape index (κ3) is 4.46. The number of anilines is 2. The highest BCUT2D eigenvalue weighted by Gasteiger charge is 2.12. The number of hydrogen-bond acceptors (Lipinski definition) is 3. The maximum Gasteiger partial charge on any atom is 0.319 e. The van der Waals surface area contributed by atoms with Crippen molar-refractivity contribution in [1.29, 1.82) is 5.26 Å². The van der Waals surface area contributed by atoms with E-state index in [0.29, 0.717) is 6.54 Å². The van der Waals surface area contributed by atoms with Gasteiger partial charge in [-0.2, -0.15) is 5.26 Å². The summed E-state index contributed by atoms with van der Waals surface area (Å²) in [5, 5.41) is 14.3. The second-order valence-electron chi connectivity index (χ2n) is 5.43. The molecule has 2 amide bonds.